The van der Waals surface area contributed by atoms with Gasteiger partial charge in [0, 0.05) is 23.5 Å². The van der Waals surface area contributed by atoms with E-state index in [2.05, 4.69) is 40.4 Å². The Balaban J connectivity index is 1.25. The Morgan fingerprint density at radius 2 is 1.69 bits per heavy atom. The Morgan fingerprint density at radius 1 is 0.833 bits per heavy atom. The lowest BCUT2D eigenvalue weighted by molar-refractivity contribution is -0.115. The Labute approximate surface area is 236 Å². The van der Waals surface area contributed by atoms with Gasteiger partial charge in [0.25, 0.3) is 0 Å². The molecule has 0 bridgehead atoms. The molecule has 204 valence electrons. The van der Waals surface area contributed by atoms with Gasteiger partial charge in [0.1, 0.15) is 17.2 Å². The van der Waals surface area contributed by atoms with Gasteiger partial charge in [-0.25, -0.2) is 13.8 Å². The molecular weight excluding hydrogens is 538 g/mol. The van der Waals surface area contributed by atoms with Crippen LogP contribution in [0.1, 0.15) is 5.56 Å². The molecular formula is C31H20F2N8O. The molecule has 0 atom stereocenters. The lowest BCUT2D eigenvalue weighted by Crippen LogP contribution is -2.14. The number of halogens is 2. The van der Waals surface area contributed by atoms with Crippen LogP contribution >= 0.6 is 0 Å². The van der Waals surface area contributed by atoms with E-state index in [1.54, 1.807) is 30.6 Å². The summed E-state index contributed by atoms with van der Waals surface area (Å²) in [5, 5.41) is 10.1. The number of carbonyl (C=O) groups is 1. The van der Waals surface area contributed by atoms with Crippen LogP contribution in [-0.4, -0.2) is 41.0 Å². The van der Waals surface area contributed by atoms with Crippen LogP contribution in [0.25, 0.3) is 55.8 Å². The molecule has 0 aliphatic carbocycles. The second-order valence-electron chi connectivity index (χ2n) is 9.63. The molecule has 0 fully saturated rings. The summed E-state index contributed by atoms with van der Waals surface area (Å²) in [6, 6.07) is 17.1. The number of imidazole rings is 1. The first-order chi connectivity index (χ1) is 20.5. The minimum atomic E-state index is -0.630. The molecule has 0 aliphatic rings. The van der Waals surface area contributed by atoms with E-state index in [0.29, 0.717) is 44.8 Å². The third kappa shape index (κ3) is 4.62. The van der Waals surface area contributed by atoms with E-state index < -0.39 is 5.82 Å². The van der Waals surface area contributed by atoms with Crippen LogP contribution in [0.4, 0.5) is 14.5 Å². The van der Waals surface area contributed by atoms with E-state index >= 15 is 4.39 Å². The van der Waals surface area contributed by atoms with E-state index in [-0.39, 0.29) is 34.9 Å². The summed E-state index contributed by atoms with van der Waals surface area (Å²) < 4.78 is 30.0. The zero-order valence-electron chi connectivity index (χ0n) is 21.8. The predicted molar refractivity (Wildman–Crippen MR) is 154 cm³/mol. The summed E-state index contributed by atoms with van der Waals surface area (Å²) in [7, 11) is 0. The van der Waals surface area contributed by atoms with Crippen LogP contribution in [0.2, 0.25) is 0 Å². The fourth-order valence-electron chi connectivity index (χ4n) is 4.88. The molecule has 0 radical (unpaired) electrons. The van der Waals surface area contributed by atoms with Crippen LogP contribution in [0.5, 0.6) is 0 Å². The third-order valence-corrected chi connectivity index (χ3v) is 6.80. The van der Waals surface area contributed by atoms with Crippen molar-refractivity contribution < 1.29 is 13.6 Å². The van der Waals surface area contributed by atoms with Gasteiger partial charge in [-0.2, -0.15) is 5.10 Å². The van der Waals surface area contributed by atoms with Crippen molar-refractivity contribution in [1.82, 2.24) is 35.1 Å². The largest absolute Gasteiger partial charge is 0.335 e. The monoisotopic (exact) mass is 558 g/mol. The minimum absolute atomic E-state index is 0.0371. The van der Waals surface area contributed by atoms with Crippen molar-refractivity contribution in [2.45, 2.75) is 6.42 Å². The van der Waals surface area contributed by atoms with Crippen LogP contribution in [0, 0.1) is 11.6 Å². The summed E-state index contributed by atoms with van der Waals surface area (Å²) in [6.07, 6.45) is 7.83. The van der Waals surface area contributed by atoms with Crippen molar-refractivity contribution in [3.05, 3.63) is 109 Å². The molecule has 0 spiro atoms. The Kier molecular flexibility index (Phi) is 6.16. The van der Waals surface area contributed by atoms with Gasteiger partial charge in [0.05, 0.1) is 52.6 Å². The average Bonchev–Trinajstić information content (AvgIpc) is 3.63. The molecule has 11 heteroatoms. The van der Waals surface area contributed by atoms with Crippen LogP contribution in [0.15, 0.2) is 91.6 Å². The number of fused-ring (bicyclic) bond motifs is 2. The summed E-state index contributed by atoms with van der Waals surface area (Å²) in [5.41, 5.74) is 4.67. The lowest BCUT2D eigenvalue weighted by atomic mass is 10.1. The number of amides is 1. The van der Waals surface area contributed by atoms with Crippen molar-refractivity contribution in [2.75, 3.05) is 5.32 Å². The van der Waals surface area contributed by atoms with Crippen LogP contribution < -0.4 is 5.32 Å². The first-order valence-corrected chi connectivity index (χ1v) is 13.0. The number of nitrogens with one attached hydrogen (secondary N) is 3. The highest BCUT2D eigenvalue weighted by atomic mass is 19.1. The van der Waals surface area contributed by atoms with Gasteiger partial charge in [0.2, 0.25) is 5.91 Å². The molecule has 0 unspecified atom stereocenters. The molecule has 2 aromatic carbocycles. The van der Waals surface area contributed by atoms with Crippen molar-refractivity contribution in [3.8, 4) is 33.9 Å². The standard InChI is InChI=1S/C31H20F2N8O/c32-20-8-4-7-18(10-20)22-14-35-15-24-29(22)39-31(38-24)30-26-23(40-41-30)16-36-28(27(26)33)19-11-21(13-34-12-19)37-25(42)9-17-5-2-1-3-6-17/h1-8,10-16H,9H2,(H,37,42)(H,38,39)(H,40,41). The first kappa shape index (κ1) is 25.1. The predicted octanol–water partition coefficient (Wildman–Crippen LogP) is 6.08. The molecule has 5 heterocycles. The number of anilines is 1. The maximum atomic E-state index is 16.1. The van der Waals surface area contributed by atoms with Crippen LogP contribution in [-0.2, 0) is 11.2 Å². The summed E-state index contributed by atoms with van der Waals surface area (Å²) in [5.74, 6) is -0.930. The minimum Gasteiger partial charge on any atom is -0.335 e. The summed E-state index contributed by atoms with van der Waals surface area (Å²) >= 11 is 0. The van der Waals surface area contributed by atoms with Gasteiger partial charge in [-0.3, -0.25) is 24.8 Å². The number of rotatable bonds is 6. The fraction of sp³-hybridized carbons (Fsp3) is 0.0323. The SMILES string of the molecule is O=C(Cc1ccccc1)Nc1cncc(-c2ncc3[nH]nc(-c4nc5c(-c6cccc(F)c6)cncc5[nH]4)c3c2F)c1. The number of aromatic amines is 2. The number of aromatic nitrogens is 7. The number of benzene rings is 2. The third-order valence-electron chi connectivity index (χ3n) is 6.80. The number of hydrogen-bond acceptors (Lipinski definition) is 6. The maximum Gasteiger partial charge on any atom is 0.228 e. The van der Waals surface area contributed by atoms with Gasteiger partial charge < -0.3 is 10.3 Å². The molecule has 0 aliphatic heterocycles. The van der Waals surface area contributed by atoms with E-state index in [0.717, 1.165) is 5.56 Å². The quantitative estimate of drug-likeness (QED) is 0.227. The molecule has 9 nitrogen and oxygen atoms in total. The van der Waals surface area contributed by atoms with Crippen molar-refractivity contribution in [2.24, 2.45) is 0 Å². The van der Waals surface area contributed by atoms with E-state index in [1.807, 2.05) is 30.3 Å². The molecule has 0 saturated heterocycles. The Hall–Kier alpha value is -5.84. The molecule has 7 aromatic rings. The Bertz CT molecular complexity index is 2110. The van der Waals surface area contributed by atoms with E-state index in [9.17, 15) is 9.18 Å². The fourth-order valence-corrected chi connectivity index (χ4v) is 4.88. The molecule has 42 heavy (non-hydrogen) atoms. The van der Waals surface area contributed by atoms with E-state index in [4.69, 9.17) is 0 Å². The normalized spacial score (nSPS) is 11.3. The van der Waals surface area contributed by atoms with Gasteiger partial charge >= 0.3 is 0 Å². The topological polar surface area (TPSA) is 125 Å². The molecule has 0 saturated carbocycles. The van der Waals surface area contributed by atoms with Gasteiger partial charge in [0.15, 0.2) is 11.6 Å². The number of nitrogens with zero attached hydrogens (tertiary/aromatic N) is 5. The summed E-state index contributed by atoms with van der Waals surface area (Å²) in [4.78, 5) is 33.2. The highest BCUT2D eigenvalue weighted by Gasteiger charge is 2.21. The zero-order chi connectivity index (χ0) is 28.6. The molecule has 1 amide bonds. The number of H-pyrrole nitrogens is 2. The number of pyridine rings is 3. The molecule has 5 aromatic heterocycles. The van der Waals surface area contributed by atoms with Crippen molar-refractivity contribution >= 4 is 33.5 Å². The highest BCUT2D eigenvalue weighted by molar-refractivity contribution is 5.98. The summed E-state index contributed by atoms with van der Waals surface area (Å²) in [6.45, 7) is 0. The molecule has 3 N–H and O–H groups in total. The maximum absolute atomic E-state index is 16.1. The van der Waals surface area contributed by atoms with E-state index in [1.165, 1.54) is 30.7 Å². The zero-order valence-corrected chi connectivity index (χ0v) is 21.8. The first-order valence-electron chi connectivity index (χ1n) is 13.0. The number of carbonyl (C=O) groups excluding carboxylic acids is 1. The van der Waals surface area contributed by atoms with Crippen molar-refractivity contribution in [3.63, 3.8) is 0 Å². The van der Waals surface area contributed by atoms with Gasteiger partial charge in [-0.1, -0.05) is 42.5 Å². The van der Waals surface area contributed by atoms with Crippen LogP contribution in [0.3, 0.4) is 0 Å². The Morgan fingerprint density at radius 3 is 2.55 bits per heavy atom. The highest BCUT2D eigenvalue weighted by Crippen LogP contribution is 2.34. The molecule has 7 rings (SSSR count). The van der Waals surface area contributed by atoms with Gasteiger partial charge in [-0.05, 0) is 29.3 Å². The van der Waals surface area contributed by atoms with Gasteiger partial charge in [-0.15, -0.1) is 0 Å². The second kappa shape index (κ2) is 10.3. The second-order valence-corrected chi connectivity index (χ2v) is 9.63. The number of hydrogen-bond donors (Lipinski definition) is 3. The average molecular weight is 559 g/mol. The smallest absolute Gasteiger partial charge is 0.228 e. The van der Waals surface area contributed by atoms with Crippen molar-refractivity contribution in [1.29, 1.82) is 0 Å². The lowest BCUT2D eigenvalue weighted by Gasteiger charge is -2.08.